The smallest absolute Gasteiger partial charge is 0.321 e. The van der Waals surface area contributed by atoms with E-state index in [1.54, 1.807) is 21.9 Å². The van der Waals surface area contributed by atoms with Gasteiger partial charge in [-0.1, -0.05) is 6.07 Å². The molecule has 132 valence electrons. The van der Waals surface area contributed by atoms with E-state index in [4.69, 9.17) is 4.42 Å². The van der Waals surface area contributed by atoms with Crippen molar-refractivity contribution in [3.63, 3.8) is 0 Å². The molecule has 1 fully saturated rings. The van der Waals surface area contributed by atoms with Crippen LogP contribution in [0.4, 0.5) is 10.5 Å². The highest BCUT2D eigenvalue weighted by Gasteiger charge is 2.26. The molecule has 3 amide bonds. The SMILES string of the molecule is Cc1cc(C)c(NC(=O)N2CCN(C(=O)c3ccco3)CC2)cc1C. The van der Waals surface area contributed by atoms with E-state index in [9.17, 15) is 9.59 Å². The Labute approximate surface area is 147 Å². The van der Waals surface area contributed by atoms with E-state index in [1.807, 2.05) is 19.9 Å². The van der Waals surface area contributed by atoms with Crippen LogP contribution in [0, 0.1) is 20.8 Å². The van der Waals surface area contributed by atoms with Crippen molar-refractivity contribution in [2.45, 2.75) is 20.8 Å². The normalized spacial score (nSPS) is 14.5. The molecule has 3 rings (SSSR count). The summed E-state index contributed by atoms with van der Waals surface area (Å²) in [6.45, 7) is 8.08. The Morgan fingerprint density at radius 1 is 0.960 bits per heavy atom. The fourth-order valence-corrected chi connectivity index (χ4v) is 2.96. The van der Waals surface area contributed by atoms with Crippen molar-refractivity contribution in [3.05, 3.63) is 53.0 Å². The van der Waals surface area contributed by atoms with Gasteiger partial charge in [-0.3, -0.25) is 4.79 Å². The number of carbonyl (C=O) groups is 2. The van der Waals surface area contributed by atoms with Crippen molar-refractivity contribution in [2.24, 2.45) is 0 Å². The van der Waals surface area contributed by atoms with Crippen LogP contribution >= 0.6 is 0 Å². The van der Waals surface area contributed by atoms with Gasteiger partial charge in [0.1, 0.15) is 0 Å². The monoisotopic (exact) mass is 341 g/mol. The van der Waals surface area contributed by atoms with E-state index in [-0.39, 0.29) is 11.9 Å². The first kappa shape index (κ1) is 17.1. The maximum Gasteiger partial charge on any atom is 0.321 e. The molecule has 1 N–H and O–H groups in total. The van der Waals surface area contributed by atoms with Crippen LogP contribution in [-0.2, 0) is 0 Å². The quantitative estimate of drug-likeness (QED) is 0.912. The molecular formula is C19H23N3O3. The third-order valence-corrected chi connectivity index (χ3v) is 4.67. The molecule has 6 heteroatoms. The molecule has 1 saturated heterocycles. The Morgan fingerprint density at radius 2 is 1.60 bits per heavy atom. The van der Waals surface area contributed by atoms with Crippen LogP contribution in [0.1, 0.15) is 27.2 Å². The average Bonchev–Trinajstić information content (AvgIpc) is 3.13. The van der Waals surface area contributed by atoms with E-state index in [2.05, 4.69) is 18.3 Å². The second-order valence-electron chi connectivity index (χ2n) is 6.44. The Hall–Kier alpha value is -2.76. The van der Waals surface area contributed by atoms with E-state index in [0.717, 1.165) is 16.8 Å². The van der Waals surface area contributed by atoms with Crippen LogP contribution in [-0.4, -0.2) is 47.9 Å². The molecule has 2 aromatic rings. The van der Waals surface area contributed by atoms with Crippen LogP contribution in [0.25, 0.3) is 0 Å². The first-order valence-corrected chi connectivity index (χ1v) is 8.42. The molecule has 0 radical (unpaired) electrons. The number of urea groups is 1. The summed E-state index contributed by atoms with van der Waals surface area (Å²) in [5.74, 6) is 0.207. The Balaban J connectivity index is 1.59. The van der Waals surface area contributed by atoms with Gasteiger partial charge in [0.25, 0.3) is 5.91 Å². The summed E-state index contributed by atoms with van der Waals surface area (Å²) in [4.78, 5) is 28.2. The van der Waals surface area contributed by atoms with E-state index in [0.29, 0.717) is 31.9 Å². The molecule has 2 heterocycles. The van der Waals surface area contributed by atoms with Crippen molar-refractivity contribution in [2.75, 3.05) is 31.5 Å². The number of carbonyl (C=O) groups excluding carboxylic acids is 2. The number of hydrogen-bond donors (Lipinski definition) is 1. The van der Waals surface area contributed by atoms with Gasteiger partial charge in [-0.2, -0.15) is 0 Å². The number of benzene rings is 1. The predicted molar refractivity (Wildman–Crippen MR) is 95.9 cm³/mol. The van der Waals surface area contributed by atoms with Crippen molar-refractivity contribution in [1.29, 1.82) is 0 Å². The van der Waals surface area contributed by atoms with Crippen LogP contribution in [0.3, 0.4) is 0 Å². The number of nitrogens with one attached hydrogen (secondary N) is 1. The van der Waals surface area contributed by atoms with Crippen molar-refractivity contribution in [1.82, 2.24) is 9.80 Å². The molecule has 0 atom stereocenters. The fourth-order valence-electron chi connectivity index (χ4n) is 2.96. The van der Waals surface area contributed by atoms with Crippen molar-refractivity contribution in [3.8, 4) is 0 Å². The highest BCUT2D eigenvalue weighted by atomic mass is 16.3. The second kappa shape index (κ2) is 7.01. The maximum absolute atomic E-state index is 12.5. The second-order valence-corrected chi connectivity index (χ2v) is 6.44. The van der Waals surface area contributed by atoms with Crippen LogP contribution in [0.15, 0.2) is 34.9 Å². The minimum Gasteiger partial charge on any atom is -0.459 e. The predicted octanol–water partition coefficient (Wildman–Crippen LogP) is 3.19. The molecule has 0 spiro atoms. The molecule has 1 aromatic heterocycles. The largest absolute Gasteiger partial charge is 0.459 e. The van der Waals surface area contributed by atoms with Gasteiger partial charge in [-0.25, -0.2) is 4.79 Å². The van der Waals surface area contributed by atoms with Gasteiger partial charge in [0.05, 0.1) is 6.26 Å². The summed E-state index contributed by atoms with van der Waals surface area (Å²) < 4.78 is 5.15. The minimum atomic E-state index is -0.130. The first-order chi connectivity index (χ1) is 12.0. The molecule has 0 aliphatic carbocycles. The standard InChI is InChI=1S/C19H23N3O3/c1-13-11-15(3)16(12-14(13)2)20-19(24)22-8-6-21(7-9-22)18(23)17-5-4-10-25-17/h4-5,10-12H,6-9H2,1-3H3,(H,20,24). The van der Waals surface area contributed by atoms with Gasteiger partial charge in [-0.15, -0.1) is 0 Å². The number of hydrogen-bond acceptors (Lipinski definition) is 3. The molecule has 0 unspecified atom stereocenters. The zero-order valence-electron chi connectivity index (χ0n) is 14.8. The number of piperazine rings is 1. The Bertz CT molecular complexity index is 775. The average molecular weight is 341 g/mol. The summed E-state index contributed by atoms with van der Waals surface area (Å²) in [7, 11) is 0. The van der Waals surface area contributed by atoms with Gasteiger partial charge in [0, 0.05) is 31.9 Å². The molecule has 25 heavy (non-hydrogen) atoms. The Morgan fingerprint density at radius 3 is 2.24 bits per heavy atom. The van der Waals surface area contributed by atoms with E-state index < -0.39 is 0 Å². The molecule has 0 saturated carbocycles. The topological polar surface area (TPSA) is 65.8 Å². The maximum atomic E-state index is 12.5. The number of rotatable bonds is 2. The highest BCUT2D eigenvalue weighted by molar-refractivity contribution is 5.92. The summed E-state index contributed by atoms with van der Waals surface area (Å²) in [6.07, 6.45) is 1.49. The summed E-state index contributed by atoms with van der Waals surface area (Å²) in [5, 5.41) is 2.98. The lowest BCUT2D eigenvalue weighted by molar-refractivity contribution is 0.0640. The van der Waals surface area contributed by atoms with E-state index in [1.165, 1.54) is 11.8 Å². The lowest BCUT2D eigenvalue weighted by Crippen LogP contribution is -2.51. The lowest BCUT2D eigenvalue weighted by Gasteiger charge is -2.34. The molecule has 0 bridgehead atoms. The molecule has 1 aromatic carbocycles. The zero-order valence-corrected chi connectivity index (χ0v) is 14.8. The summed E-state index contributed by atoms with van der Waals surface area (Å²) in [6, 6.07) is 7.30. The Kier molecular flexibility index (Phi) is 4.79. The number of nitrogens with zero attached hydrogens (tertiary/aromatic N) is 2. The van der Waals surface area contributed by atoms with Gasteiger partial charge < -0.3 is 19.5 Å². The zero-order chi connectivity index (χ0) is 18.0. The first-order valence-electron chi connectivity index (χ1n) is 8.42. The van der Waals surface area contributed by atoms with Crippen LogP contribution in [0.5, 0.6) is 0 Å². The van der Waals surface area contributed by atoms with Crippen molar-refractivity contribution < 1.29 is 14.0 Å². The minimum absolute atomic E-state index is 0.128. The number of aryl methyl sites for hydroxylation is 3. The summed E-state index contributed by atoms with van der Waals surface area (Å²) >= 11 is 0. The van der Waals surface area contributed by atoms with Gasteiger partial charge in [0.2, 0.25) is 0 Å². The molecule has 1 aliphatic rings. The fraction of sp³-hybridized carbons (Fsp3) is 0.368. The number of amides is 3. The van der Waals surface area contributed by atoms with Gasteiger partial charge in [-0.05, 0) is 55.7 Å². The summed E-state index contributed by atoms with van der Waals surface area (Å²) in [5.41, 5.74) is 4.24. The van der Waals surface area contributed by atoms with Crippen molar-refractivity contribution >= 4 is 17.6 Å². The van der Waals surface area contributed by atoms with Crippen LogP contribution in [0.2, 0.25) is 0 Å². The molecule has 1 aliphatic heterocycles. The molecular weight excluding hydrogens is 318 g/mol. The van der Waals surface area contributed by atoms with Crippen LogP contribution < -0.4 is 5.32 Å². The third-order valence-electron chi connectivity index (χ3n) is 4.67. The van der Waals surface area contributed by atoms with Gasteiger partial charge >= 0.3 is 6.03 Å². The lowest BCUT2D eigenvalue weighted by atomic mass is 10.1. The number of furan rings is 1. The van der Waals surface area contributed by atoms with E-state index >= 15 is 0 Å². The third kappa shape index (κ3) is 3.68. The van der Waals surface area contributed by atoms with Gasteiger partial charge in [0.15, 0.2) is 5.76 Å². The highest BCUT2D eigenvalue weighted by Crippen LogP contribution is 2.20. The number of anilines is 1. The molecule has 6 nitrogen and oxygen atoms in total.